The van der Waals surface area contributed by atoms with Gasteiger partial charge in [-0.2, -0.15) is 0 Å². The summed E-state index contributed by atoms with van der Waals surface area (Å²) in [5.74, 6) is 0.548. The van der Waals surface area contributed by atoms with Crippen molar-refractivity contribution in [3.63, 3.8) is 0 Å². The van der Waals surface area contributed by atoms with E-state index in [9.17, 15) is 9.90 Å². The molecule has 1 aromatic carbocycles. The Morgan fingerprint density at radius 3 is 2.66 bits per heavy atom. The van der Waals surface area contributed by atoms with Gasteiger partial charge in [0.05, 0.1) is 36.8 Å². The van der Waals surface area contributed by atoms with Crippen LogP contribution >= 0.6 is 22.9 Å². The Hall–Kier alpha value is -1.81. The molecule has 1 atom stereocenters. The first-order chi connectivity index (χ1) is 15.2. The summed E-state index contributed by atoms with van der Waals surface area (Å²) in [6.45, 7) is 7.93. The van der Waals surface area contributed by atoms with E-state index in [1.807, 2.05) is 43.2 Å². The minimum Gasteiger partial charge on any atom is -0.389 e. The van der Waals surface area contributed by atoms with Crippen LogP contribution in [0.4, 0.5) is 0 Å². The van der Waals surface area contributed by atoms with E-state index in [2.05, 4.69) is 9.97 Å². The molecule has 2 aromatic heterocycles. The Kier molecular flexibility index (Phi) is 8.43. The highest BCUT2D eigenvalue weighted by Crippen LogP contribution is 2.31. The van der Waals surface area contributed by atoms with Crippen LogP contribution in [0.3, 0.4) is 0 Å². The van der Waals surface area contributed by atoms with Crippen molar-refractivity contribution in [3.8, 4) is 11.1 Å². The molecule has 0 saturated carbocycles. The third-order valence-corrected chi connectivity index (χ3v) is 5.94. The standard InChI is InChI=1S/C23H30ClN3O4S/c1-23(2,3)31-13-17(28)11-27(9-10-30-4)12-19-25-21(29)20-18(14-32-22(20)26-19)15-5-7-16(24)8-6-15/h5-8,14,17,28H,9-13H2,1-4H3,(H,25,26,29). The van der Waals surface area contributed by atoms with Crippen LogP contribution in [-0.2, 0) is 16.0 Å². The number of H-pyrrole nitrogens is 1. The average Bonchev–Trinajstić information content (AvgIpc) is 3.15. The zero-order chi connectivity index (χ0) is 23.3. The lowest BCUT2D eigenvalue weighted by molar-refractivity contribution is -0.0578. The summed E-state index contributed by atoms with van der Waals surface area (Å²) in [6, 6.07) is 7.40. The van der Waals surface area contributed by atoms with Crippen molar-refractivity contribution in [2.24, 2.45) is 0 Å². The van der Waals surface area contributed by atoms with Crippen LogP contribution in [0.5, 0.6) is 0 Å². The molecule has 0 spiro atoms. The Morgan fingerprint density at radius 2 is 2.00 bits per heavy atom. The van der Waals surface area contributed by atoms with Gasteiger partial charge in [0, 0.05) is 36.2 Å². The number of thiophene rings is 1. The molecular weight excluding hydrogens is 450 g/mol. The molecule has 3 rings (SSSR count). The summed E-state index contributed by atoms with van der Waals surface area (Å²) in [5, 5.41) is 13.6. The van der Waals surface area contributed by atoms with E-state index < -0.39 is 6.10 Å². The number of methoxy groups -OCH3 is 1. The van der Waals surface area contributed by atoms with Crippen LogP contribution in [0.25, 0.3) is 21.3 Å². The number of benzene rings is 1. The number of aliphatic hydroxyl groups excluding tert-OH is 1. The number of hydrogen-bond acceptors (Lipinski definition) is 7. The second kappa shape index (κ2) is 10.9. The van der Waals surface area contributed by atoms with E-state index in [4.69, 9.17) is 21.1 Å². The SMILES string of the molecule is COCCN(Cc1nc2scc(-c3ccc(Cl)cc3)c2c(=O)[nH]1)CC(O)COC(C)(C)C. The molecule has 0 bridgehead atoms. The molecule has 174 valence electrons. The number of aromatic amines is 1. The van der Waals surface area contributed by atoms with Crippen molar-refractivity contribution in [2.45, 2.75) is 39.0 Å². The van der Waals surface area contributed by atoms with Gasteiger partial charge in [0.2, 0.25) is 0 Å². The molecule has 9 heteroatoms. The van der Waals surface area contributed by atoms with Crippen molar-refractivity contribution in [2.75, 3.05) is 33.4 Å². The summed E-state index contributed by atoms with van der Waals surface area (Å²) >= 11 is 7.42. The van der Waals surface area contributed by atoms with Gasteiger partial charge in [0.25, 0.3) is 5.56 Å². The van der Waals surface area contributed by atoms with Crippen LogP contribution in [0, 0.1) is 0 Å². The van der Waals surface area contributed by atoms with Crippen LogP contribution in [0.15, 0.2) is 34.4 Å². The monoisotopic (exact) mass is 479 g/mol. The average molecular weight is 480 g/mol. The summed E-state index contributed by atoms with van der Waals surface area (Å²) in [7, 11) is 1.63. The molecule has 0 aliphatic carbocycles. The third-order valence-electron chi connectivity index (χ3n) is 4.81. The molecule has 0 amide bonds. The van der Waals surface area contributed by atoms with E-state index in [-0.39, 0.29) is 17.8 Å². The fraction of sp³-hybridized carbons (Fsp3) is 0.478. The van der Waals surface area contributed by atoms with Crippen molar-refractivity contribution >= 4 is 33.2 Å². The Labute approximate surface area is 197 Å². The summed E-state index contributed by atoms with van der Waals surface area (Å²) in [5.41, 5.74) is 1.26. The zero-order valence-corrected chi connectivity index (χ0v) is 20.4. The smallest absolute Gasteiger partial charge is 0.260 e. The molecule has 3 aromatic rings. The van der Waals surface area contributed by atoms with Gasteiger partial charge in [-0.1, -0.05) is 23.7 Å². The van der Waals surface area contributed by atoms with E-state index >= 15 is 0 Å². The normalized spacial score (nSPS) is 13.2. The molecule has 2 heterocycles. The minimum atomic E-state index is -0.667. The lowest BCUT2D eigenvalue weighted by atomic mass is 10.1. The topological polar surface area (TPSA) is 87.7 Å². The number of fused-ring (bicyclic) bond motifs is 1. The Balaban J connectivity index is 1.79. The van der Waals surface area contributed by atoms with Gasteiger partial charge >= 0.3 is 0 Å². The first-order valence-corrected chi connectivity index (χ1v) is 11.7. The van der Waals surface area contributed by atoms with Crippen LogP contribution in [0.2, 0.25) is 5.02 Å². The maximum absolute atomic E-state index is 12.9. The zero-order valence-electron chi connectivity index (χ0n) is 18.9. The number of aliphatic hydroxyl groups is 1. The molecule has 1 unspecified atom stereocenters. The fourth-order valence-electron chi connectivity index (χ4n) is 3.27. The maximum atomic E-state index is 12.9. The van der Waals surface area contributed by atoms with Gasteiger partial charge in [-0.15, -0.1) is 11.3 Å². The van der Waals surface area contributed by atoms with Crippen molar-refractivity contribution < 1.29 is 14.6 Å². The molecule has 0 aliphatic rings. The minimum absolute atomic E-state index is 0.181. The quantitative estimate of drug-likeness (QED) is 0.458. The van der Waals surface area contributed by atoms with E-state index in [0.717, 1.165) is 11.1 Å². The number of ether oxygens (including phenoxy) is 2. The molecule has 0 aliphatic heterocycles. The molecule has 0 radical (unpaired) electrons. The second-order valence-electron chi connectivity index (χ2n) is 8.65. The van der Waals surface area contributed by atoms with Gasteiger partial charge in [-0.05, 0) is 38.5 Å². The van der Waals surface area contributed by atoms with Crippen LogP contribution in [-0.4, -0.2) is 65.1 Å². The number of nitrogens with zero attached hydrogens (tertiary/aromatic N) is 2. The number of halogens is 1. The first kappa shape index (κ1) is 24.8. The van der Waals surface area contributed by atoms with Gasteiger partial charge in [-0.25, -0.2) is 4.98 Å². The summed E-state index contributed by atoms with van der Waals surface area (Å²) in [4.78, 5) is 23.2. The number of aromatic nitrogens is 2. The fourth-order valence-corrected chi connectivity index (χ4v) is 4.37. The van der Waals surface area contributed by atoms with Gasteiger partial charge in [-0.3, -0.25) is 9.69 Å². The van der Waals surface area contributed by atoms with Crippen LogP contribution < -0.4 is 5.56 Å². The highest BCUT2D eigenvalue weighted by molar-refractivity contribution is 7.17. The molecule has 2 N–H and O–H groups in total. The van der Waals surface area contributed by atoms with Gasteiger partial charge in [0.1, 0.15) is 10.7 Å². The highest BCUT2D eigenvalue weighted by Gasteiger charge is 2.19. The maximum Gasteiger partial charge on any atom is 0.260 e. The van der Waals surface area contributed by atoms with Crippen LogP contribution in [0.1, 0.15) is 26.6 Å². The van der Waals surface area contributed by atoms with E-state index in [1.165, 1.54) is 11.3 Å². The molecule has 0 fully saturated rings. The lowest BCUT2D eigenvalue weighted by Crippen LogP contribution is -2.38. The van der Waals surface area contributed by atoms with Gasteiger partial charge in [0.15, 0.2) is 0 Å². The molecule has 32 heavy (non-hydrogen) atoms. The van der Waals surface area contributed by atoms with Crippen molar-refractivity contribution in [1.29, 1.82) is 0 Å². The summed E-state index contributed by atoms with van der Waals surface area (Å²) < 4.78 is 10.9. The molecular formula is C23H30ClN3O4S. The largest absolute Gasteiger partial charge is 0.389 e. The summed E-state index contributed by atoms with van der Waals surface area (Å²) in [6.07, 6.45) is -0.667. The number of nitrogens with one attached hydrogen (secondary N) is 1. The van der Waals surface area contributed by atoms with E-state index in [0.29, 0.717) is 47.3 Å². The molecule has 0 saturated heterocycles. The van der Waals surface area contributed by atoms with Crippen molar-refractivity contribution in [3.05, 3.63) is 50.8 Å². The first-order valence-electron chi connectivity index (χ1n) is 10.5. The lowest BCUT2D eigenvalue weighted by Gasteiger charge is -2.27. The second-order valence-corrected chi connectivity index (χ2v) is 9.95. The Morgan fingerprint density at radius 1 is 1.28 bits per heavy atom. The number of hydrogen-bond donors (Lipinski definition) is 2. The van der Waals surface area contributed by atoms with E-state index in [1.54, 1.807) is 19.2 Å². The predicted octanol–water partition coefficient (Wildman–Crippen LogP) is 3.93. The van der Waals surface area contributed by atoms with Crippen molar-refractivity contribution in [1.82, 2.24) is 14.9 Å². The number of rotatable bonds is 10. The highest BCUT2D eigenvalue weighted by atomic mass is 35.5. The Bertz CT molecular complexity index is 1080. The third kappa shape index (κ3) is 6.84. The molecule has 7 nitrogen and oxygen atoms in total. The van der Waals surface area contributed by atoms with Gasteiger partial charge < -0.3 is 19.6 Å². The predicted molar refractivity (Wildman–Crippen MR) is 130 cm³/mol.